The first-order valence-corrected chi connectivity index (χ1v) is 14.8. The highest BCUT2D eigenvalue weighted by Crippen LogP contribution is 2.74. The number of hydrogen-bond acceptors (Lipinski definition) is 5. The van der Waals surface area contributed by atoms with Crippen LogP contribution in [0.3, 0.4) is 0 Å². The Morgan fingerprint density at radius 2 is 1.73 bits per heavy atom. The van der Waals surface area contributed by atoms with Crippen molar-refractivity contribution in [1.29, 1.82) is 0 Å². The molecule has 1 heterocycles. The Hall–Kier alpha value is -1.20. The van der Waals surface area contributed by atoms with Crippen molar-refractivity contribution in [1.82, 2.24) is 0 Å². The number of esters is 1. The largest absolute Gasteiger partial charge is 0.460 e. The Labute approximate surface area is 224 Å². The number of aliphatic hydroxyl groups excluding tert-OH is 1. The van der Waals surface area contributed by atoms with Crippen LogP contribution in [0.5, 0.6) is 0 Å². The van der Waals surface area contributed by atoms with Gasteiger partial charge in [0.05, 0.1) is 11.7 Å². The number of ether oxygens (including phenoxy) is 2. The highest BCUT2D eigenvalue weighted by atomic mass is 16.6. The molecule has 0 spiro atoms. The van der Waals surface area contributed by atoms with Crippen LogP contribution >= 0.6 is 0 Å². The van der Waals surface area contributed by atoms with E-state index in [2.05, 4.69) is 55.4 Å². The van der Waals surface area contributed by atoms with Gasteiger partial charge in [-0.05, 0) is 92.8 Å². The zero-order chi connectivity index (χ0) is 27.3. The van der Waals surface area contributed by atoms with Gasteiger partial charge in [-0.3, -0.25) is 9.59 Å². The van der Waals surface area contributed by atoms with Gasteiger partial charge in [-0.25, -0.2) is 0 Å². The average Bonchev–Trinajstić information content (AvgIpc) is 3.27. The van der Waals surface area contributed by atoms with Crippen LogP contribution in [0.4, 0.5) is 0 Å². The van der Waals surface area contributed by atoms with Gasteiger partial charge < -0.3 is 14.6 Å². The van der Waals surface area contributed by atoms with Gasteiger partial charge in [0.15, 0.2) is 0 Å². The molecular formula is C32H50O5. The van der Waals surface area contributed by atoms with Crippen LogP contribution in [0.2, 0.25) is 0 Å². The highest BCUT2D eigenvalue weighted by Gasteiger charge is 2.69. The van der Waals surface area contributed by atoms with Crippen LogP contribution < -0.4 is 0 Å². The summed E-state index contributed by atoms with van der Waals surface area (Å²) in [5, 5.41) is 11.9. The molecule has 1 aliphatic heterocycles. The van der Waals surface area contributed by atoms with E-state index in [0.717, 1.165) is 44.9 Å². The number of hydrogen-bond donors (Lipinski definition) is 1. The topological polar surface area (TPSA) is 76.1 Å². The summed E-state index contributed by atoms with van der Waals surface area (Å²) in [6.45, 7) is 19.5. The number of allylic oxidation sites excluding steroid dienone is 1. The number of carbonyl (C=O) groups is 2. The average molecular weight is 515 g/mol. The molecule has 0 amide bonds. The number of rotatable bonds is 5. The third kappa shape index (κ3) is 3.84. The van der Waals surface area contributed by atoms with Crippen molar-refractivity contribution in [2.24, 2.45) is 39.4 Å². The van der Waals surface area contributed by atoms with Crippen LogP contribution in [-0.4, -0.2) is 40.8 Å². The van der Waals surface area contributed by atoms with Crippen LogP contribution in [0.1, 0.15) is 114 Å². The minimum atomic E-state index is -0.389. The van der Waals surface area contributed by atoms with Gasteiger partial charge in [0.2, 0.25) is 0 Å². The molecule has 4 aliphatic carbocycles. The monoisotopic (exact) mass is 514 g/mol. The number of epoxide rings is 1. The van der Waals surface area contributed by atoms with Crippen molar-refractivity contribution in [3.8, 4) is 0 Å². The van der Waals surface area contributed by atoms with E-state index in [1.54, 1.807) is 0 Å². The lowest BCUT2D eigenvalue weighted by molar-refractivity contribution is -0.208. The first-order chi connectivity index (χ1) is 17.0. The van der Waals surface area contributed by atoms with E-state index in [9.17, 15) is 14.7 Å². The number of fused-ring (bicyclic) bond motifs is 5. The Kier molecular flexibility index (Phi) is 6.21. The lowest BCUT2D eigenvalue weighted by atomic mass is 9.36. The Morgan fingerprint density at radius 3 is 2.32 bits per heavy atom. The zero-order valence-corrected chi connectivity index (χ0v) is 24.7. The Bertz CT molecular complexity index is 1020. The van der Waals surface area contributed by atoms with Gasteiger partial charge >= 0.3 is 5.97 Å². The van der Waals surface area contributed by atoms with Crippen molar-refractivity contribution >= 4 is 11.8 Å². The summed E-state index contributed by atoms with van der Waals surface area (Å²) in [5.74, 6) is 0.947. The van der Waals surface area contributed by atoms with E-state index in [-0.39, 0.29) is 63.4 Å². The van der Waals surface area contributed by atoms with Crippen LogP contribution in [0, 0.1) is 39.4 Å². The Balaban J connectivity index is 1.46. The molecule has 37 heavy (non-hydrogen) atoms. The van der Waals surface area contributed by atoms with Gasteiger partial charge in [-0.2, -0.15) is 0 Å². The lowest BCUT2D eigenvalue weighted by Crippen LogP contribution is -2.65. The van der Waals surface area contributed by atoms with Crippen molar-refractivity contribution in [3.05, 3.63) is 11.1 Å². The molecule has 0 aromatic carbocycles. The summed E-state index contributed by atoms with van der Waals surface area (Å²) in [4.78, 5) is 24.8. The molecule has 5 heteroatoms. The molecule has 0 bridgehead atoms. The van der Waals surface area contributed by atoms with Gasteiger partial charge in [-0.15, -0.1) is 0 Å². The summed E-state index contributed by atoms with van der Waals surface area (Å²) in [7, 11) is 0. The Morgan fingerprint density at radius 1 is 1.08 bits per heavy atom. The lowest BCUT2D eigenvalue weighted by Gasteiger charge is -2.69. The van der Waals surface area contributed by atoms with Crippen molar-refractivity contribution < 1.29 is 24.2 Å². The standard InChI is InChI=1S/C32H50O5/c1-18(16-23(36-19(2)33)27-29(5,6)37-27)20-10-14-31(8)21(20)17-22(34)26-30(7)13-12-25(35)28(3,4)24(30)11-15-32(26,31)9/h18,22-24,26-27,34H,10-17H2,1-9H3/t18-,22+,23+,24?,26+,27-,30+,31+,32+/m1/s1. The SMILES string of the molecule is CC(=O)O[C@@H](C[C@@H](C)C1=C2C[C@H](O)[C@H]3[C@@]4(C)CCC(=O)C(C)(C)C4CC[C@]3(C)[C@@]2(C)CC1)[C@H]1OC1(C)C. The summed E-state index contributed by atoms with van der Waals surface area (Å²) >= 11 is 0. The maximum absolute atomic E-state index is 12.9. The molecule has 1 unspecified atom stereocenters. The first-order valence-electron chi connectivity index (χ1n) is 14.8. The van der Waals surface area contributed by atoms with Crippen LogP contribution in [0.15, 0.2) is 11.1 Å². The van der Waals surface area contributed by atoms with E-state index in [0.29, 0.717) is 18.1 Å². The van der Waals surface area contributed by atoms with Gasteiger partial charge in [-0.1, -0.05) is 52.7 Å². The third-order valence-corrected chi connectivity index (χ3v) is 12.5. The summed E-state index contributed by atoms with van der Waals surface area (Å²) < 4.78 is 11.7. The minimum Gasteiger partial charge on any atom is -0.460 e. The summed E-state index contributed by atoms with van der Waals surface area (Å²) in [6, 6.07) is 0. The number of Topliss-reactive ketones (excluding diaryl/α,β-unsaturated/α-hetero) is 1. The van der Waals surface area contributed by atoms with E-state index >= 15 is 0 Å². The van der Waals surface area contributed by atoms with Crippen molar-refractivity contribution in [3.63, 3.8) is 0 Å². The second-order valence-electron chi connectivity index (χ2n) is 15.2. The number of ketones is 1. The number of carbonyl (C=O) groups excluding carboxylic acids is 2. The molecule has 0 aromatic heterocycles. The predicted molar refractivity (Wildman–Crippen MR) is 144 cm³/mol. The number of aliphatic hydroxyl groups is 1. The van der Waals surface area contributed by atoms with Gasteiger partial charge in [0.1, 0.15) is 18.0 Å². The predicted octanol–water partition coefficient (Wildman–Crippen LogP) is 6.41. The smallest absolute Gasteiger partial charge is 0.302 e. The third-order valence-electron chi connectivity index (χ3n) is 12.5. The fraction of sp³-hybridized carbons (Fsp3) is 0.875. The molecule has 5 rings (SSSR count). The molecule has 4 fully saturated rings. The quantitative estimate of drug-likeness (QED) is 0.261. The normalized spacial score (nSPS) is 45.4. The minimum absolute atomic E-state index is 0.0000676. The fourth-order valence-corrected chi connectivity index (χ4v) is 10.4. The van der Waals surface area contributed by atoms with Gasteiger partial charge in [0.25, 0.3) is 0 Å². The molecule has 5 aliphatic rings. The second kappa shape index (κ2) is 8.40. The molecule has 5 nitrogen and oxygen atoms in total. The zero-order valence-electron chi connectivity index (χ0n) is 24.7. The van der Waals surface area contributed by atoms with E-state index in [4.69, 9.17) is 9.47 Å². The molecule has 1 N–H and O–H groups in total. The fourth-order valence-electron chi connectivity index (χ4n) is 10.4. The first kappa shape index (κ1) is 27.4. The molecule has 9 atom stereocenters. The molecule has 0 aromatic rings. The van der Waals surface area contributed by atoms with Gasteiger partial charge in [0, 0.05) is 18.8 Å². The molecule has 3 saturated carbocycles. The summed E-state index contributed by atoms with van der Waals surface area (Å²) in [6.07, 6.45) is 6.64. The van der Waals surface area contributed by atoms with E-state index in [1.807, 2.05) is 0 Å². The highest BCUT2D eigenvalue weighted by molar-refractivity contribution is 5.85. The molecule has 0 radical (unpaired) electrons. The molecule has 1 saturated heterocycles. The maximum atomic E-state index is 12.9. The van der Waals surface area contributed by atoms with Crippen LogP contribution in [0.25, 0.3) is 0 Å². The van der Waals surface area contributed by atoms with Crippen LogP contribution in [-0.2, 0) is 19.1 Å². The van der Waals surface area contributed by atoms with Crippen molar-refractivity contribution in [2.75, 3.05) is 0 Å². The van der Waals surface area contributed by atoms with E-state index in [1.165, 1.54) is 18.1 Å². The van der Waals surface area contributed by atoms with E-state index < -0.39 is 0 Å². The molecule has 208 valence electrons. The molecular weight excluding hydrogens is 464 g/mol. The maximum Gasteiger partial charge on any atom is 0.302 e. The van der Waals surface area contributed by atoms with Crippen molar-refractivity contribution in [2.45, 2.75) is 138 Å². The second-order valence-corrected chi connectivity index (χ2v) is 15.2. The summed E-state index contributed by atoms with van der Waals surface area (Å²) in [5.41, 5.74) is 2.41.